The van der Waals surface area contributed by atoms with Gasteiger partial charge in [0.05, 0.1) is 18.0 Å². The summed E-state index contributed by atoms with van der Waals surface area (Å²) in [6.07, 6.45) is 5.01. The molecular weight excluding hydrogens is 266 g/mol. The van der Waals surface area contributed by atoms with Gasteiger partial charge in [-0.2, -0.15) is 0 Å². The Balaban J connectivity index is 1.73. The van der Waals surface area contributed by atoms with E-state index in [2.05, 4.69) is 15.6 Å². The first-order valence-corrected chi connectivity index (χ1v) is 6.86. The van der Waals surface area contributed by atoms with Gasteiger partial charge < -0.3 is 15.7 Å². The summed E-state index contributed by atoms with van der Waals surface area (Å²) in [4.78, 5) is 15.6. The van der Waals surface area contributed by atoms with E-state index in [1.165, 1.54) is 6.20 Å². The normalized spacial score (nSPS) is 22.8. The summed E-state index contributed by atoms with van der Waals surface area (Å²) in [5.74, 6) is 0.359. The third-order valence-electron chi connectivity index (χ3n) is 3.29. The number of nitrogens with zero attached hydrogens (tertiary/aromatic N) is 1. The Labute approximate surface area is 117 Å². The van der Waals surface area contributed by atoms with Crippen LogP contribution < -0.4 is 10.6 Å². The van der Waals surface area contributed by atoms with E-state index in [1.807, 2.05) is 0 Å². The van der Waals surface area contributed by atoms with Gasteiger partial charge in [0.2, 0.25) is 0 Å². The predicted molar refractivity (Wildman–Crippen MR) is 74.2 cm³/mol. The number of aliphatic hydroxyl groups excluding tert-OH is 1. The van der Waals surface area contributed by atoms with Crippen LogP contribution >= 0.6 is 11.6 Å². The number of carbonyl (C=O) groups is 1. The van der Waals surface area contributed by atoms with Crippen molar-refractivity contribution in [3.05, 3.63) is 23.5 Å². The molecule has 3 N–H and O–H groups in total. The van der Waals surface area contributed by atoms with Crippen LogP contribution in [0.1, 0.15) is 25.7 Å². The van der Waals surface area contributed by atoms with Gasteiger partial charge in [-0.15, -0.1) is 0 Å². The third kappa shape index (κ3) is 4.69. The van der Waals surface area contributed by atoms with Gasteiger partial charge in [-0.3, -0.25) is 0 Å². The van der Waals surface area contributed by atoms with E-state index >= 15 is 0 Å². The molecule has 1 aliphatic rings. The van der Waals surface area contributed by atoms with Gasteiger partial charge in [0, 0.05) is 6.54 Å². The van der Waals surface area contributed by atoms with Crippen molar-refractivity contribution in [2.24, 2.45) is 5.92 Å². The largest absolute Gasteiger partial charge is 0.393 e. The minimum atomic E-state index is -0.260. The van der Waals surface area contributed by atoms with Crippen molar-refractivity contribution in [1.29, 1.82) is 0 Å². The van der Waals surface area contributed by atoms with E-state index in [0.29, 0.717) is 23.3 Å². The van der Waals surface area contributed by atoms with Crippen molar-refractivity contribution in [2.75, 3.05) is 11.9 Å². The Morgan fingerprint density at radius 1 is 1.47 bits per heavy atom. The number of carbonyl (C=O) groups excluding carboxylic acids is 1. The van der Waals surface area contributed by atoms with Crippen molar-refractivity contribution in [3.63, 3.8) is 0 Å². The van der Waals surface area contributed by atoms with Crippen molar-refractivity contribution < 1.29 is 9.90 Å². The minimum Gasteiger partial charge on any atom is -0.393 e. The molecule has 0 saturated heterocycles. The summed E-state index contributed by atoms with van der Waals surface area (Å²) in [7, 11) is 0. The lowest BCUT2D eigenvalue weighted by Gasteiger charge is -2.25. The number of halogens is 1. The topological polar surface area (TPSA) is 74.2 Å². The van der Waals surface area contributed by atoms with Crippen molar-refractivity contribution in [3.8, 4) is 0 Å². The van der Waals surface area contributed by atoms with Gasteiger partial charge in [-0.05, 0) is 37.3 Å². The van der Waals surface area contributed by atoms with Gasteiger partial charge in [0.25, 0.3) is 0 Å². The summed E-state index contributed by atoms with van der Waals surface area (Å²) in [6, 6.07) is 3.05. The van der Waals surface area contributed by atoms with Crippen LogP contribution in [0.25, 0.3) is 0 Å². The number of pyridine rings is 1. The lowest BCUT2D eigenvalue weighted by Crippen LogP contribution is -2.35. The number of hydrogen-bond acceptors (Lipinski definition) is 3. The molecule has 1 aliphatic carbocycles. The van der Waals surface area contributed by atoms with E-state index in [1.54, 1.807) is 12.1 Å². The Bertz CT molecular complexity index is 424. The SMILES string of the molecule is O=C(NCC1CCCC(O)C1)Nc1ccc(Cl)nc1. The van der Waals surface area contributed by atoms with Crippen molar-refractivity contribution in [1.82, 2.24) is 10.3 Å². The molecule has 0 spiro atoms. The molecule has 104 valence electrons. The van der Waals surface area contributed by atoms with Crippen LogP contribution in [-0.4, -0.2) is 28.8 Å². The van der Waals surface area contributed by atoms with Gasteiger partial charge >= 0.3 is 6.03 Å². The summed E-state index contributed by atoms with van der Waals surface area (Å²) in [5.41, 5.74) is 0.602. The highest BCUT2D eigenvalue weighted by atomic mass is 35.5. The molecule has 1 aromatic heterocycles. The number of aromatic nitrogens is 1. The Hall–Kier alpha value is -1.33. The molecule has 1 heterocycles. The average Bonchev–Trinajstić information content (AvgIpc) is 2.39. The minimum absolute atomic E-state index is 0.218. The molecule has 19 heavy (non-hydrogen) atoms. The standard InChI is InChI=1S/C13H18ClN3O2/c14-12-5-4-10(8-15-12)17-13(19)16-7-9-2-1-3-11(18)6-9/h4-5,8-9,11,18H,1-3,6-7H2,(H2,16,17,19). The number of aliphatic hydroxyl groups is 1. The van der Waals surface area contributed by atoms with Crippen LogP contribution in [0.15, 0.2) is 18.3 Å². The van der Waals surface area contributed by atoms with E-state index < -0.39 is 0 Å². The first kappa shape index (κ1) is 14.1. The fourth-order valence-corrected chi connectivity index (χ4v) is 2.42. The molecule has 0 aromatic carbocycles. The fourth-order valence-electron chi connectivity index (χ4n) is 2.31. The second-order valence-electron chi connectivity index (χ2n) is 4.89. The summed E-state index contributed by atoms with van der Waals surface area (Å²) < 4.78 is 0. The molecule has 0 bridgehead atoms. The molecule has 2 rings (SSSR count). The van der Waals surface area contributed by atoms with Crippen LogP contribution in [0.2, 0.25) is 5.15 Å². The van der Waals surface area contributed by atoms with Crippen molar-refractivity contribution in [2.45, 2.75) is 31.8 Å². The highest BCUT2D eigenvalue weighted by molar-refractivity contribution is 6.29. The maximum atomic E-state index is 11.7. The zero-order chi connectivity index (χ0) is 13.7. The molecule has 2 amide bonds. The lowest BCUT2D eigenvalue weighted by molar-refractivity contribution is 0.101. The van der Waals surface area contributed by atoms with Crippen LogP contribution in [0.3, 0.4) is 0 Å². The molecule has 1 fully saturated rings. The molecule has 6 heteroatoms. The molecule has 1 aromatic rings. The quantitative estimate of drug-likeness (QED) is 0.746. The second kappa shape index (κ2) is 6.73. The molecule has 0 aliphatic heterocycles. The predicted octanol–water partition coefficient (Wildman–Crippen LogP) is 2.41. The Morgan fingerprint density at radius 2 is 2.32 bits per heavy atom. The monoisotopic (exact) mass is 283 g/mol. The molecule has 5 nitrogen and oxygen atoms in total. The summed E-state index contributed by atoms with van der Waals surface area (Å²) in [6.45, 7) is 0.587. The lowest BCUT2D eigenvalue weighted by atomic mass is 9.87. The van der Waals surface area contributed by atoms with E-state index in [4.69, 9.17) is 11.6 Å². The number of hydrogen-bond donors (Lipinski definition) is 3. The number of rotatable bonds is 3. The maximum Gasteiger partial charge on any atom is 0.319 e. The zero-order valence-corrected chi connectivity index (χ0v) is 11.4. The Kier molecular flexibility index (Phi) is 4.99. The maximum absolute atomic E-state index is 11.7. The van der Waals surface area contributed by atoms with Crippen LogP contribution in [0.5, 0.6) is 0 Å². The molecule has 2 atom stereocenters. The van der Waals surface area contributed by atoms with Crippen molar-refractivity contribution >= 4 is 23.3 Å². The average molecular weight is 284 g/mol. The molecular formula is C13H18ClN3O2. The molecule has 1 saturated carbocycles. The van der Waals surface area contributed by atoms with Crippen LogP contribution in [0, 0.1) is 5.92 Å². The molecule has 2 unspecified atom stereocenters. The Morgan fingerprint density at radius 3 is 3.00 bits per heavy atom. The number of amides is 2. The van der Waals surface area contributed by atoms with Gasteiger partial charge in [0.1, 0.15) is 5.15 Å². The first-order chi connectivity index (χ1) is 9.13. The summed E-state index contributed by atoms with van der Waals surface area (Å²) in [5, 5.41) is 15.4. The van der Waals surface area contributed by atoms with E-state index in [-0.39, 0.29) is 12.1 Å². The molecule has 0 radical (unpaired) electrons. The van der Waals surface area contributed by atoms with E-state index in [9.17, 15) is 9.90 Å². The highest BCUT2D eigenvalue weighted by Crippen LogP contribution is 2.23. The van der Waals surface area contributed by atoms with Crippen LogP contribution in [-0.2, 0) is 0 Å². The van der Waals surface area contributed by atoms with E-state index in [0.717, 1.165) is 25.7 Å². The number of nitrogens with one attached hydrogen (secondary N) is 2. The van der Waals surface area contributed by atoms with Gasteiger partial charge in [0.15, 0.2) is 0 Å². The highest BCUT2D eigenvalue weighted by Gasteiger charge is 2.20. The fraction of sp³-hybridized carbons (Fsp3) is 0.538. The second-order valence-corrected chi connectivity index (χ2v) is 5.28. The number of urea groups is 1. The van der Waals surface area contributed by atoms with Gasteiger partial charge in [-0.25, -0.2) is 9.78 Å². The zero-order valence-electron chi connectivity index (χ0n) is 10.6. The summed E-state index contributed by atoms with van der Waals surface area (Å²) >= 11 is 5.66. The van der Waals surface area contributed by atoms with Crippen LogP contribution in [0.4, 0.5) is 10.5 Å². The first-order valence-electron chi connectivity index (χ1n) is 6.48. The number of anilines is 1. The third-order valence-corrected chi connectivity index (χ3v) is 3.52. The smallest absolute Gasteiger partial charge is 0.319 e. The van der Waals surface area contributed by atoms with Gasteiger partial charge in [-0.1, -0.05) is 18.0 Å².